The van der Waals surface area contributed by atoms with Gasteiger partial charge in [-0.05, 0) is 23.8 Å². The first-order chi connectivity index (χ1) is 15.1. The number of nitrogens with zero attached hydrogens (tertiary/aromatic N) is 1. The molecule has 2 aromatic carbocycles. The van der Waals surface area contributed by atoms with E-state index in [0.717, 1.165) is 0 Å². The van der Waals surface area contributed by atoms with Crippen molar-refractivity contribution in [2.75, 3.05) is 7.11 Å². The van der Waals surface area contributed by atoms with Crippen molar-refractivity contribution in [1.82, 2.24) is 10.6 Å². The van der Waals surface area contributed by atoms with Gasteiger partial charge in [0.15, 0.2) is 0 Å². The van der Waals surface area contributed by atoms with Crippen LogP contribution in [0.25, 0.3) is 0 Å². The topological polar surface area (TPSA) is 154 Å². The van der Waals surface area contributed by atoms with Crippen molar-refractivity contribution < 1.29 is 28.4 Å². The predicted octanol–water partition coefficient (Wildman–Crippen LogP) is 1.00. The Labute approximate surface area is 183 Å². The lowest BCUT2D eigenvalue weighted by molar-refractivity contribution is -0.384. The molecule has 0 aliphatic heterocycles. The number of nitro benzene ring substituents is 1. The number of carbonyl (C=O) groups is 3. The Bertz CT molecular complexity index is 1010. The number of hydrogen-bond acceptors (Lipinski definition) is 6. The Kier molecular flexibility index (Phi) is 8.22. The maximum absolute atomic E-state index is 13.1. The molecule has 0 spiro atoms. The van der Waals surface area contributed by atoms with Crippen LogP contribution in [0.4, 0.5) is 10.1 Å². The number of nitro groups is 1. The number of methoxy groups -OCH3 is 1. The molecule has 2 atom stereocenters. The molecular formula is C21H23FN4O6. The molecule has 3 amide bonds. The first kappa shape index (κ1) is 24.3. The van der Waals surface area contributed by atoms with Gasteiger partial charge in [-0.2, -0.15) is 0 Å². The predicted molar refractivity (Wildman–Crippen MR) is 112 cm³/mol. The molecule has 0 radical (unpaired) electrons. The van der Waals surface area contributed by atoms with Crippen LogP contribution in [-0.2, 0) is 27.2 Å². The summed E-state index contributed by atoms with van der Waals surface area (Å²) >= 11 is 0. The zero-order valence-corrected chi connectivity index (χ0v) is 17.5. The first-order valence-electron chi connectivity index (χ1n) is 9.53. The van der Waals surface area contributed by atoms with Gasteiger partial charge in [-0.25, -0.2) is 4.39 Å². The molecule has 0 aromatic heterocycles. The van der Waals surface area contributed by atoms with Crippen molar-refractivity contribution in [3.63, 3.8) is 0 Å². The summed E-state index contributed by atoms with van der Waals surface area (Å²) in [6.07, 6.45) is -0.132. The molecule has 0 aliphatic rings. The SMILES string of the molecule is COc1ccc([N+](=O)[O-])cc1C[C@H](NC(=O)[C@H](Cc1ccc(F)cc1)NC(C)=O)C(N)=O. The zero-order chi connectivity index (χ0) is 23.8. The van der Waals surface area contributed by atoms with Crippen molar-refractivity contribution in [1.29, 1.82) is 0 Å². The highest BCUT2D eigenvalue weighted by Gasteiger charge is 2.27. The van der Waals surface area contributed by atoms with E-state index in [9.17, 15) is 28.9 Å². The van der Waals surface area contributed by atoms with E-state index in [1.807, 2.05) is 0 Å². The number of amides is 3. The van der Waals surface area contributed by atoms with Crippen molar-refractivity contribution in [2.24, 2.45) is 5.73 Å². The van der Waals surface area contributed by atoms with Crippen LogP contribution < -0.4 is 21.1 Å². The van der Waals surface area contributed by atoms with Gasteiger partial charge in [0.25, 0.3) is 5.69 Å². The summed E-state index contributed by atoms with van der Waals surface area (Å²) in [4.78, 5) is 46.9. The van der Waals surface area contributed by atoms with E-state index in [2.05, 4.69) is 10.6 Å². The fourth-order valence-corrected chi connectivity index (χ4v) is 3.06. The number of nitrogens with two attached hydrogens (primary N) is 1. The number of rotatable bonds is 10. The second-order valence-corrected chi connectivity index (χ2v) is 7.00. The Hall–Kier alpha value is -4.02. The van der Waals surface area contributed by atoms with E-state index in [-0.39, 0.29) is 24.3 Å². The summed E-state index contributed by atoms with van der Waals surface area (Å²) in [5, 5.41) is 16.0. The number of benzene rings is 2. The van der Waals surface area contributed by atoms with Gasteiger partial charge in [0.1, 0.15) is 23.7 Å². The fraction of sp³-hybridized carbons (Fsp3) is 0.286. The summed E-state index contributed by atoms with van der Waals surface area (Å²) in [5.74, 6) is -2.23. The number of hydrogen-bond donors (Lipinski definition) is 3. The van der Waals surface area contributed by atoms with E-state index in [4.69, 9.17) is 10.5 Å². The van der Waals surface area contributed by atoms with Crippen LogP contribution in [0.3, 0.4) is 0 Å². The molecule has 0 bridgehead atoms. The van der Waals surface area contributed by atoms with Crippen LogP contribution in [0.15, 0.2) is 42.5 Å². The summed E-state index contributed by atoms with van der Waals surface area (Å²) in [5.41, 5.74) is 6.09. The average molecular weight is 446 g/mol. The fourth-order valence-electron chi connectivity index (χ4n) is 3.06. The minimum atomic E-state index is -1.23. The lowest BCUT2D eigenvalue weighted by Crippen LogP contribution is -2.54. The molecule has 170 valence electrons. The maximum Gasteiger partial charge on any atom is 0.269 e. The van der Waals surface area contributed by atoms with Crippen LogP contribution in [0.1, 0.15) is 18.1 Å². The van der Waals surface area contributed by atoms with E-state index in [1.54, 1.807) is 0 Å². The largest absolute Gasteiger partial charge is 0.496 e. The van der Waals surface area contributed by atoms with Crippen molar-refractivity contribution in [2.45, 2.75) is 31.8 Å². The maximum atomic E-state index is 13.1. The van der Waals surface area contributed by atoms with Gasteiger partial charge in [0.05, 0.1) is 12.0 Å². The third kappa shape index (κ3) is 6.76. The van der Waals surface area contributed by atoms with E-state index in [1.165, 1.54) is 56.5 Å². The van der Waals surface area contributed by atoms with Crippen LogP contribution in [0.5, 0.6) is 5.75 Å². The molecule has 0 heterocycles. The standard InChI is InChI=1S/C21H23FN4O6/c1-12(27)24-18(9-13-3-5-15(22)6-4-13)21(29)25-17(20(23)28)11-14-10-16(26(30)31)7-8-19(14)32-2/h3-8,10,17-18H,9,11H2,1-2H3,(H2,23,28)(H,24,27)(H,25,29)/t17-,18-/m0/s1. The minimum absolute atomic E-state index is 0.0390. The average Bonchev–Trinajstić information content (AvgIpc) is 2.73. The molecule has 0 saturated heterocycles. The highest BCUT2D eigenvalue weighted by molar-refractivity contribution is 5.91. The second kappa shape index (κ2) is 10.8. The summed E-state index contributed by atoms with van der Waals surface area (Å²) in [7, 11) is 1.36. The first-order valence-corrected chi connectivity index (χ1v) is 9.53. The smallest absolute Gasteiger partial charge is 0.269 e. The monoisotopic (exact) mass is 446 g/mol. The van der Waals surface area contributed by atoms with E-state index in [0.29, 0.717) is 11.1 Å². The minimum Gasteiger partial charge on any atom is -0.496 e. The lowest BCUT2D eigenvalue weighted by Gasteiger charge is -2.22. The molecule has 0 aliphatic carbocycles. The molecule has 0 saturated carbocycles. The normalized spacial score (nSPS) is 12.3. The number of non-ortho nitro benzene ring substituents is 1. The Balaban J connectivity index is 2.24. The lowest BCUT2D eigenvalue weighted by atomic mass is 10.0. The molecule has 2 rings (SSSR count). The summed E-state index contributed by atoms with van der Waals surface area (Å²) in [6, 6.07) is 6.93. The third-order valence-corrected chi connectivity index (χ3v) is 4.61. The highest BCUT2D eigenvalue weighted by Crippen LogP contribution is 2.25. The van der Waals surface area contributed by atoms with Crippen molar-refractivity contribution in [3.8, 4) is 5.75 Å². The van der Waals surface area contributed by atoms with Gasteiger partial charge in [-0.1, -0.05) is 12.1 Å². The molecule has 0 fully saturated rings. The number of halogens is 1. The van der Waals surface area contributed by atoms with Crippen LogP contribution in [0.2, 0.25) is 0 Å². The number of nitrogens with one attached hydrogen (secondary N) is 2. The highest BCUT2D eigenvalue weighted by atomic mass is 19.1. The third-order valence-electron chi connectivity index (χ3n) is 4.61. The van der Waals surface area contributed by atoms with Crippen LogP contribution >= 0.6 is 0 Å². The summed E-state index contributed by atoms with van der Waals surface area (Å²) in [6.45, 7) is 1.23. The van der Waals surface area contributed by atoms with Gasteiger partial charge in [0.2, 0.25) is 17.7 Å². The number of carbonyl (C=O) groups excluding carboxylic acids is 3. The van der Waals surface area contributed by atoms with Crippen molar-refractivity contribution >= 4 is 23.4 Å². The molecule has 2 aromatic rings. The van der Waals surface area contributed by atoms with E-state index >= 15 is 0 Å². The zero-order valence-electron chi connectivity index (χ0n) is 17.5. The van der Waals surface area contributed by atoms with E-state index < -0.39 is 40.5 Å². The van der Waals surface area contributed by atoms with Crippen LogP contribution in [0, 0.1) is 15.9 Å². The van der Waals surface area contributed by atoms with Crippen molar-refractivity contribution in [3.05, 3.63) is 69.5 Å². The molecule has 11 heteroatoms. The molecule has 0 unspecified atom stereocenters. The Morgan fingerprint density at radius 2 is 1.75 bits per heavy atom. The molecule has 10 nitrogen and oxygen atoms in total. The summed E-state index contributed by atoms with van der Waals surface area (Å²) < 4.78 is 18.3. The molecular weight excluding hydrogens is 423 g/mol. The Morgan fingerprint density at radius 3 is 2.28 bits per heavy atom. The van der Waals surface area contributed by atoms with Gasteiger partial charge in [-0.15, -0.1) is 0 Å². The molecule has 32 heavy (non-hydrogen) atoms. The van der Waals surface area contributed by atoms with Gasteiger partial charge < -0.3 is 21.1 Å². The quantitative estimate of drug-likeness (QED) is 0.365. The van der Waals surface area contributed by atoms with Gasteiger partial charge in [-0.3, -0.25) is 24.5 Å². The van der Waals surface area contributed by atoms with Crippen LogP contribution in [-0.4, -0.2) is 41.8 Å². The van der Waals surface area contributed by atoms with Gasteiger partial charge in [0, 0.05) is 37.5 Å². The number of ether oxygens (including phenoxy) is 1. The molecule has 4 N–H and O–H groups in total. The Morgan fingerprint density at radius 1 is 1.09 bits per heavy atom. The second-order valence-electron chi connectivity index (χ2n) is 7.00. The van der Waals surface area contributed by atoms with Gasteiger partial charge >= 0.3 is 0 Å². The number of primary amides is 1.